The first-order chi connectivity index (χ1) is 13.4. The molecule has 0 radical (unpaired) electrons. The van der Waals surface area contributed by atoms with E-state index in [1.54, 1.807) is 36.4 Å². The lowest BCUT2D eigenvalue weighted by Gasteiger charge is -2.09. The molecule has 0 unspecified atom stereocenters. The molecule has 3 rings (SSSR count). The minimum absolute atomic E-state index is 0.287. The van der Waals surface area contributed by atoms with Crippen molar-refractivity contribution in [3.63, 3.8) is 0 Å². The van der Waals surface area contributed by atoms with E-state index >= 15 is 0 Å². The van der Waals surface area contributed by atoms with E-state index in [9.17, 15) is 13.6 Å². The number of carbonyl (C=O) groups is 1. The van der Waals surface area contributed by atoms with Gasteiger partial charge in [0.2, 0.25) is 0 Å². The first-order valence-corrected chi connectivity index (χ1v) is 9.31. The van der Waals surface area contributed by atoms with Gasteiger partial charge in [-0.2, -0.15) is 8.78 Å². The number of aromatic nitrogens is 1. The van der Waals surface area contributed by atoms with Crippen LogP contribution in [0.15, 0.2) is 57.9 Å². The molecule has 0 saturated carbocycles. The average molecular weight is 404 g/mol. The van der Waals surface area contributed by atoms with Gasteiger partial charge in [0.25, 0.3) is 11.7 Å². The zero-order chi connectivity index (χ0) is 20.1. The van der Waals surface area contributed by atoms with Crippen molar-refractivity contribution in [3.05, 3.63) is 71.1 Å². The van der Waals surface area contributed by atoms with Crippen molar-refractivity contribution in [1.82, 2.24) is 5.16 Å². The van der Waals surface area contributed by atoms with E-state index in [-0.39, 0.29) is 12.5 Å². The summed E-state index contributed by atoms with van der Waals surface area (Å²) in [6, 6.07) is 13.0. The van der Waals surface area contributed by atoms with Gasteiger partial charge in [-0.25, -0.2) is 0 Å². The molecule has 0 bridgehead atoms. The number of alkyl halides is 2. The average Bonchev–Trinajstić information content (AvgIpc) is 2.99. The number of hydrogen-bond donors (Lipinski definition) is 1. The number of halogens is 2. The molecule has 146 valence electrons. The fourth-order valence-electron chi connectivity index (χ4n) is 2.51. The highest BCUT2D eigenvalue weighted by Gasteiger charge is 2.12. The molecule has 0 aliphatic heterocycles. The lowest BCUT2D eigenvalue weighted by atomic mass is 10.2. The quantitative estimate of drug-likeness (QED) is 0.532. The van der Waals surface area contributed by atoms with Gasteiger partial charge in [-0.05, 0) is 56.3 Å². The Morgan fingerprint density at radius 3 is 2.61 bits per heavy atom. The van der Waals surface area contributed by atoms with Crippen molar-refractivity contribution in [2.45, 2.75) is 31.1 Å². The van der Waals surface area contributed by atoms with Crippen LogP contribution in [0.25, 0.3) is 0 Å². The maximum absolute atomic E-state index is 12.5. The molecule has 8 heteroatoms. The van der Waals surface area contributed by atoms with E-state index in [0.29, 0.717) is 39.4 Å². The molecule has 1 amide bonds. The number of benzene rings is 2. The standard InChI is InChI=1S/C20H18F2N2O3S/c1-12-18(13(2)27-24-12)11-26-16-5-3-4-14(10-16)19(25)23-15-6-8-17(9-7-15)28-20(21)22/h3-10,20H,11H2,1-2H3,(H,23,25). The van der Waals surface area contributed by atoms with Crippen LogP contribution in [0.3, 0.4) is 0 Å². The maximum Gasteiger partial charge on any atom is 0.288 e. The number of carbonyl (C=O) groups excluding carboxylic acids is 1. The van der Waals surface area contributed by atoms with E-state index in [4.69, 9.17) is 9.26 Å². The molecule has 0 saturated heterocycles. The number of nitrogens with zero attached hydrogens (tertiary/aromatic N) is 1. The summed E-state index contributed by atoms with van der Waals surface area (Å²) in [5, 5.41) is 6.62. The Morgan fingerprint density at radius 2 is 1.96 bits per heavy atom. The third-order valence-corrected chi connectivity index (χ3v) is 4.72. The minimum Gasteiger partial charge on any atom is -0.489 e. The second kappa shape index (κ2) is 8.88. The maximum atomic E-state index is 12.5. The molecule has 0 aliphatic carbocycles. The number of amides is 1. The summed E-state index contributed by atoms with van der Waals surface area (Å²) in [7, 11) is 0. The Labute approximate surface area is 165 Å². The zero-order valence-corrected chi connectivity index (χ0v) is 16.1. The fourth-order valence-corrected chi connectivity index (χ4v) is 3.01. The van der Waals surface area contributed by atoms with Crippen LogP contribution in [-0.2, 0) is 6.61 Å². The number of thioether (sulfide) groups is 1. The topological polar surface area (TPSA) is 64.4 Å². The number of anilines is 1. The lowest BCUT2D eigenvalue weighted by Crippen LogP contribution is -2.12. The van der Waals surface area contributed by atoms with E-state index in [1.165, 1.54) is 12.1 Å². The molecule has 1 aromatic heterocycles. The summed E-state index contributed by atoms with van der Waals surface area (Å²) in [5.74, 6) is -1.57. The summed E-state index contributed by atoms with van der Waals surface area (Å²) in [4.78, 5) is 12.9. The van der Waals surface area contributed by atoms with Gasteiger partial charge in [-0.15, -0.1) is 0 Å². The van der Waals surface area contributed by atoms with Crippen LogP contribution in [-0.4, -0.2) is 16.8 Å². The smallest absolute Gasteiger partial charge is 0.288 e. The van der Waals surface area contributed by atoms with E-state index in [0.717, 1.165) is 11.3 Å². The molecule has 0 spiro atoms. The van der Waals surface area contributed by atoms with Crippen LogP contribution in [0.2, 0.25) is 0 Å². The van der Waals surface area contributed by atoms with Gasteiger partial charge in [0, 0.05) is 16.1 Å². The number of ether oxygens (including phenoxy) is 1. The molecular formula is C20H18F2N2O3S. The van der Waals surface area contributed by atoms with E-state index in [2.05, 4.69) is 10.5 Å². The van der Waals surface area contributed by atoms with Crippen LogP contribution in [0.5, 0.6) is 5.75 Å². The molecule has 3 aromatic rings. The predicted octanol–water partition coefficient (Wildman–Crippen LogP) is 5.44. The molecule has 2 aromatic carbocycles. The number of aryl methyl sites for hydroxylation is 2. The minimum atomic E-state index is -2.48. The van der Waals surface area contributed by atoms with Gasteiger partial charge < -0.3 is 14.6 Å². The molecular weight excluding hydrogens is 386 g/mol. The van der Waals surface area contributed by atoms with Gasteiger partial charge in [0.1, 0.15) is 18.1 Å². The largest absolute Gasteiger partial charge is 0.489 e. The fraction of sp³-hybridized carbons (Fsp3) is 0.200. The Hall–Kier alpha value is -2.87. The zero-order valence-electron chi connectivity index (χ0n) is 15.2. The summed E-state index contributed by atoms with van der Waals surface area (Å²) in [6.45, 7) is 3.94. The third-order valence-electron chi connectivity index (χ3n) is 4.00. The van der Waals surface area contributed by atoms with Crippen molar-refractivity contribution >= 4 is 23.4 Å². The molecule has 0 atom stereocenters. The van der Waals surface area contributed by atoms with Crippen LogP contribution in [0.1, 0.15) is 27.4 Å². The normalized spacial score (nSPS) is 10.9. The molecule has 1 N–H and O–H groups in total. The second-order valence-electron chi connectivity index (χ2n) is 5.98. The molecule has 0 fully saturated rings. The third kappa shape index (κ3) is 5.10. The second-order valence-corrected chi connectivity index (χ2v) is 7.04. The highest BCUT2D eigenvalue weighted by atomic mass is 32.2. The van der Waals surface area contributed by atoms with Crippen molar-refractivity contribution in [1.29, 1.82) is 0 Å². The SMILES string of the molecule is Cc1noc(C)c1COc1cccc(C(=O)Nc2ccc(SC(F)F)cc2)c1. The predicted molar refractivity (Wildman–Crippen MR) is 103 cm³/mol. The van der Waals surface area contributed by atoms with Crippen LogP contribution >= 0.6 is 11.8 Å². The van der Waals surface area contributed by atoms with Crippen molar-refractivity contribution < 1.29 is 22.8 Å². The Morgan fingerprint density at radius 1 is 1.21 bits per heavy atom. The van der Waals surface area contributed by atoms with Gasteiger partial charge in [0.15, 0.2) is 0 Å². The number of hydrogen-bond acceptors (Lipinski definition) is 5. The molecule has 28 heavy (non-hydrogen) atoms. The van der Waals surface area contributed by atoms with Crippen molar-refractivity contribution in [2.75, 3.05) is 5.32 Å². The van der Waals surface area contributed by atoms with E-state index in [1.807, 2.05) is 13.8 Å². The summed E-state index contributed by atoms with van der Waals surface area (Å²) >= 11 is 0.457. The summed E-state index contributed by atoms with van der Waals surface area (Å²) in [6.07, 6.45) is 0. The lowest BCUT2D eigenvalue weighted by molar-refractivity contribution is 0.102. The highest BCUT2D eigenvalue weighted by Crippen LogP contribution is 2.26. The van der Waals surface area contributed by atoms with Crippen molar-refractivity contribution in [2.24, 2.45) is 0 Å². The highest BCUT2D eigenvalue weighted by molar-refractivity contribution is 7.99. The summed E-state index contributed by atoms with van der Waals surface area (Å²) in [5.41, 5.74) is 2.57. The Balaban J connectivity index is 1.63. The first-order valence-electron chi connectivity index (χ1n) is 8.43. The Kier molecular flexibility index (Phi) is 6.30. The number of rotatable bonds is 7. The van der Waals surface area contributed by atoms with Crippen LogP contribution < -0.4 is 10.1 Å². The van der Waals surface area contributed by atoms with Gasteiger partial charge in [-0.1, -0.05) is 23.0 Å². The molecule has 0 aliphatic rings. The summed E-state index contributed by atoms with van der Waals surface area (Å²) < 4.78 is 35.6. The van der Waals surface area contributed by atoms with Gasteiger partial charge >= 0.3 is 0 Å². The van der Waals surface area contributed by atoms with E-state index < -0.39 is 5.76 Å². The van der Waals surface area contributed by atoms with Crippen LogP contribution in [0, 0.1) is 13.8 Å². The van der Waals surface area contributed by atoms with Gasteiger partial charge in [-0.3, -0.25) is 4.79 Å². The first kappa shape index (κ1) is 19.9. The molecule has 1 heterocycles. The molecule has 5 nitrogen and oxygen atoms in total. The van der Waals surface area contributed by atoms with Crippen LogP contribution in [0.4, 0.5) is 14.5 Å². The van der Waals surface area contributed by atoms with Gasteiger partial charge in [0.05, 0.1) is 11.3 Å². The number of nitrogens with one attached hydrogen (secondary N) is 1. The van der Waals surface area contributed by atoms with Crippen molar-refractivity contribution in [3.8, 4) is 5.75 Å². The monoisotopic (exact) mass is 404 g/mol. The Bertz CT molecular complexity index is 939.